The fraction of sp³-hybridized carbons (Fsp3) is 0.231. The molecule has 0 amide bonds. The number of halogens is 2. The summed E-state index contributed by atoms with van der Waals surface area (Å²) < 4.78 is 14.4. The largest absolute Gasteiger partial charge is 0.329 e. The van der Waals surface area contributed by atoms with Crippen LogP contribution in [-0.4, -0.2) is 9.55 Å². The maximum absolute atomic E-state index is 13.5. The van der Waals surface area contributed by atoms with E-state index in [1.807, 2.05) is 30.3 Å². The minimum atomic E-state index is -1.11. The van der Waals surface area contributed by atoms with Gasteiger partial charge in [-0.05, 0) is 12.0 Å². The molecule has 2 atom stereocenters. The summed E-state index contributed by atoms with van der Waals surface area (Å²) in [5.74, 6) is -1.04. The molecule has 0 bridgehead atoms. The van der Waals surface area contributed by atoms with Crippen LogP contribution in [0, 0.1) is 5.82 Å². The Balaban J connectivity index is 2.01. The van der Waals surface area contributed by atoms with Gasteiger partial charge < -0.3 is 0 Å². The number of aromatic nitrogens is 2. The molecule has 1 saturated carbocycles. The number of rotatable bonds is 2. The third-order valence-electron chi connectivity index (χ3n) is 3.35. The molecule has 98 valence electrons. The van der Waals surface area contributed by atoms with Crippen molar-refractivity contribution in [3.05, 3.63) is 67.7 Å². The van der Waals surface area contributed by atoms with Crippen LogP contribution in [0.15, 0.2) is 39.9 Å². The number of H-pyrrole nitrogens is 1. The summed E-state index contributed by atoms with van der Waals surface area (Å²) >= 11 is 5.43. The van der Waals surface area contributed by atoms with Crippen molar-refractivity contribution < 1.29 is 4.39 Å². The topological polar surface area (TPSA) is 54.9 Å². The molecule has 0 saturated heterocycles. The molecule has 1 aliphatic rings. The van der Waals surface area contributed by atoms with E-state index in [2.05, 4.69) is 4.98 Å². The molecule has 1 aromatic heterocycles. The van der Waals surface area contributed by atoms with Gasteiger partial charge in [-0.2, -0.15) is 4.39 Å². The summed E-state index contributed by atoms with van der Waals surface area (Å²) in [6.45, 7) is 0. The van der Waals surface area contributed by atoms with Gasteiger partial charge in [0.25, 0.3) is 5.56 Å². The van der Waals surface area contributed by atoms with Gasteiger partial charge in [0, 0.05) is 12.0 Å². The van der Waals surface area contributed by atoms with Crippen LogP contribution in [0.4, 0.5) is 4.39 Å². The number of hydrogen-bond acceptors (Lipinski definition) is 2. The number of nitrogens with zero attached hydrogens (tertiary/aromatic N) is 1. The highest BCUT2D eigenvalue weighted by atomic mass is 35.5. The van der Waals surface area contributed by atoms with E-state index in [1.165, 1.54) is 0 Å². The molecular formula is C13H10ClFN2O2. The van der Waals surface area contributed by atoms with E-state index >= 15 is 0 Å². The lowest BCUT2D eigenvalue weighted by Crippen LogP contribution is -2.36. The van der Waals surface area contributed by atoms with Crippen molar-refractivity contribution in [2.24, 2.45) is 0 Å². The maximum Gasteiger partial charge on any atom is 0.329 e. The molecule has 6 heteroatoms. The van der Waals surface area contributed by atoms with Gasteiger partial charge in [0.2, 0.25) is 5.82 Å². The van der Waals surface area contributed by atoms with Crippen molar-refractivity contribution in [3.63, 3.8) is 0 Å². The van der Waals surface area contributed by atoms with Gasteiger partial charge in [-0.25, -0.2) is 4.79 Å². The predicted molar refractivity (Wildman–Crippen MR) is 69.1 cm³/mol. The highest BCUT2D eigenvalue weighted by molar-refractivity contribution is 6.29. The Morgan fingerprint density at radius 1 is 1.26 bits per heavy atom. The van der Waals surface area contributed by atoms with Gasteiger partial charge in [0.15, 0.2) is 5.15 Å². The summed E-state index contributed by atoms with van der Waals surface area (Å²) in [7, 11) is 0. The first-order chi connectivity index (χ1) is 9.09. The zero-order valence-corrected chi connectivity index (χ0v) is 10.5. The highest BCUT2D eigenvalue weighted by Crippen LogP contribution is 2.49. The average Bonchev–Trinajstić information content (AvgIpc) is 3.17. The van der Waals surface area contributed by atoms with Gasteiger partial charge in [-0.1, -0.05) is 41.9 Å². The van der Waals surface area contributed by atoms with E-state index in [1.54, 1.807) is 0 Å². The summed E-state index contributed by atoms with van der Waals surface area (Å²) in [5.41, 5.74) is -0.592. The van der Waals surface area contributed by atoms with Crippen LogP contribution in [0.2, 0.25) is 5.15 Å². The first-order valence-electron chi connectivity index (χ1n) is 5.84. The Morgan fingerprint density at radius 2 is 1.95 bits per heavy atom. The van der Waals surface area contributed by atoms with Gasteiger partial charge in [0.1, 0.15) is 0 Å². The van der Waals surface area contributed by atoms with E-state index in [0.29, 0.717) is 6.42 Å². The lowest BCUT2D eigenvalue weighted by Gasteiger charge is -2.05. The van der Waals surface area contributed by atoms with E-state index in [9.17, 15) is 14.0 Å². The van der Waals surface area contributed by atoms with Crippen LogP contribution in [0.5, 0.6) is 0 Å². The Labute approximate surface area is 112 Å². The third-order valence-corrected chi connectivity index (χ3v) is 3.61. The first-order valence-corrected chi connectivity index (χ1v) is 6.22. The third kappa shape index (κ3) is 2.00. The van der Waals surface area contributed by atoms with Gasteiger partial charge in [-0.3, -0.25) is 14.3 Å². The van der Waals surface area contributed by atoms with Gasteiger partial charge >= 0.3 is 5.69 Å². The molecule has 0 radical (unpaired) electrons. The smallest absolute Gasteiger partial charge is 0.295 e. The summed E-state index contributed by atoms with van der Waals surface area (Å²) in [5, 5.41) is -0.539. The van der Waals surface area contributed by atoms with Crippen LogP contribution >= 0.6 is 11.6 Å². The first kappa shape index (κ1) is 12.2. The molecule has 19 heavy (non-hydrogen) atoms. The van der Waals surface area contributed by atoms with Crippen molar-refractivity contribution in [1.29, 1.82) is 0 Å². The fourth-order valence-corrected chi connectivity index (χ4v) is 2.49. The second kappa shape index (κ2) is 4.35. The van der Waals surface area contributed by atoms with Crippen LogP contribution in [0.25, 0.3) is 0 Å². The minimum absolute atomic E-state index is 0.0700. The Bertz CT molecular complexity index is 739. The summed E-state index contributed by atoms with van der Waals surface area (Å²) in [6.07, 6.45) is 0.647. The van der Waals surface area contributed by atoms with Gasteiger partial charge in [0.05, 0.1) is 0 Å². The van der Waals surface area contributed by atoms with Crippen LogP contribution in [-0.2, 0) is 0 Å². The molecule has 4 nitrogen and oxygen atoms in total. The van der Waals surface area contributed by atoms with Gasteiger partial charge in [-0.15, -0.1) is 0 Å². The standard InChI is InChI=1S/C13H10ClFN2O2/c14-11-10(15)12(18)17(13(19)16-11)9-6-8(9)7-4-2-1-3-5-7/h1-5,8-9H,6H2,(H,16,19). The molecule has 3 rings (SSSR count). The zero-order chi connectivity index (χ0) is 13.6. The van der Waals surface area contributed by atoms with Crippen molar-refractivity contribution in [3.8, 4) is 0 Å². The van der Waals surface area contributed by atoms with Crippen molar-refractivity contribution in [1.82, 2.24) is 9.55 Å². The molecule has 0 aliphatic heterocycles. The van der Waals surface area contributed by atoms with Crippen molar-refractivity contribution >= 4 is 11.6 Å². The lowest BCUT2D eigenvalue weighted by atomic mass is 10.1. The molecule has 1 fully saturated rings. The Hall–Kier alpha value is -1.88. The summed E-state index contributed by atoms with van der Waals surface area (Å²) in [6, 6.07) is 9.22. The number of benzene rings is 1. The fourth-order valence-electron chi connectivity index (χ4n) is 2.33. The second-order valence-corrected chi connectivity index (χ2v) is 4.93. The average molecular weight is 281 g/mol. The number of hydrogen-bond donors (Lipinski definition) is 1. The molecule has 1 N–H and O–H groups in total. The molecule has 0 spiro atoms. The highest BCUT2D eigenvalue weighted by Gasteiger charge is 2.42. The van der Waals surface area contributed by atoms with Crippen molar-refractivity contribution in [2.45, 2.75) is 18.4 Å². The molecule has 1 aliphatic carbocycles. The van der Waals surface area contributed by atoms with E-state index < -0.39 is 22.2 Å². The molecular weight excluding hydrogens is 271 g/mol. The monoisotopic (exact) mass is 280 g/mol. The lowest BCUT2D eigenvalue weighted by molar-refractivity contribution is 0.541. The number of aromatic amines is 1. The number of nitrogens with one attached hydrogen (secondary N) is 1. The molecule has 1 heterocycles. The molecule has 2 unspecified atom stereocenters. The van der Waals surface area contributed by atoms with Crippen LogP contribution in [0.3, 0.4) is 0 Å². The van der Waals surface area contributed by atoms with E-state index in [4.69, 9.17) is 11.6 Å². The van der Waals surface area contributed by atoms with Crippen molar-refractivity contribution in [2.75, 3.05) is 0 Å². The SMILES string of the molecule is O=c1[nH]c(Cl)c(F)c(=O)n1C1CC1c1ccccc1. The quantitative estimate of drug-likeness (QED) is 0.856. The van der Waals surface area contributed by atoms with E-state index in [-0.39, 0.29) is 12.0 Å². The summed E-state index contributed by atoms with van der Waals surface area (Å²) in [4.78, 5) is 25.6. The maximum atomic E-state index is 13.5. The Morgan fingerprint density at radius 3 is 2.63 bits per heavy atom. The molecule has 1 aromatic carbocycles. The Kier molecular flexibility index (Phi) is 2.78. The second-order valence-electron chi connectivity index (χ2n) is 4.55. The molecule has 2 aromatic rings. The predicted octanol–water partition coefficient (Wildman–Crippen LogP) is 2.06. The zero-order valence-electron chi connectivity index (χ0n) is 9.77. The van der Waals surface area contributed by atoms with E-state index in [0.717, 1.165) is 10.1 Å². The van der Waals surface area contributed by atoms with Crippen LogP contribution in [0.1, 0.15) is 23.9 Å². The van der Waals surface area contributed by atoms with Crippen LogP contribution < -0.4 is 11.2 Å². The minimum Gasteiger partial charge on any atom is -0.295 e. The normalized spacial score (nSPS) is 21.4.